The van der Waals surface area contributed by atoms with E-state index in [1.54, 1.807) is 43.3 Å². The Kier molecular flexibility index (Phi) is 7.44. The number of fused-ring (bicyclic) bond motifs is 1. The summed E-state index contributed by atoms with van der Waals surface area (Å²) in [6.07, 6.45) is -3.08. The van der Waals surface area contributed by atoms with Gasteiger partial charge in [0.1, 0.15) is 6.04 Å². The normalized spacial score (nSPS) is 13.2. The van der Waals surface area contributed by atoms with Crippen LogP contribution in [-0.4, -0.2) is 33.0 Å². The first-order valence-electron chi connectivity index (χ1n) is 11.4. The number of pyridine rings is 1. The number of hydrogen-bond acceptors (Lipinski definition) is 6. The van der Waals surface area contributed by atoms with E-state index in [0.29, 0.717) is 27.5 Å². The molecule has 0 saturated carbocycles. The smallest absolute Gasteiger partial charge is 0.417 e. The Morgan fingerprint density at radius 2 is 1.68 bits per heavy atom. The molecule has 0 fully saturated rings. The molecule has 1 amide bonds. The Bertz CT molecular complexity index is 1420. The van der Waals surface area contributed by atoms with Gasteiger partial charge in [0.15, 0.2) is 10.8 Å². The van der Waals surface area contributed by atoms with Crippen molar-refractivity contribution in [2.75, 3.05) is 5.32 Å². The van der Waals surface area contributed by atoms with Crippen molar-refractivity contribution in [3.8, 4) is 11.1 Å². The van der Waals surface area contributed by atoms with Gasteiger partial charge in [-0.2, -0.15) is 18.2 Å². The second-order valence-corrected chi connectivity index (χ2v) is 9.55. The molecule has 192 valence electrons. The topological polar surface area (TPSA) is 104 Å². The molecule has 0 aliphatic heterocycles. The van der Waals surface area contributed by atoms with Crippen molar-refractivity contribution in [3.63, 3.8) is 0 Å². The lowest BCUT2D eigenvalue weighted by atomic mass is 9.98. The number of benzene rings is 2. The molecule has 7 nitrogen and oxygen atoms in total. The average molecular weight is 529 g/mol. The Morgan fingerprint density at radius 1 is 1.05 bits per heavy atom. The number of nitrogens with zero attached hydrogens (tertiary/aromatic N) is 2. The number of rotatable bonds is 8. The van der Waals surface area contributed by atoms with E-state index in [9.17, 15) is 27.9 Å². The number of alkyl halides is 3. The Balaban J connectivity index is 1.43. The summed E-state index contributed by atoms with van der Waals surface area (Å²) in [5, 5.41) is 15.5. The zero-order valence-corrected chi connectivity index (χ0v) is 20.7. The number of aromatic nitrogens is 2. The van der Waals surface area contributed by atoms with E-state index in [-0.39, 0.29) is 11.6 Å². The molecule has 2 heterocycles. The standard InChI is InChI=1S/C26H23F3N4O3S/c1-3-14(2)21(24(35)36)32-23(34)17-6-4-15(5-7-17)16-8-10-19(11-9-16)31-25-33-22-20(37-25)12-18(13-30-22)26(27,28)29/h4-14,21H,3H2,1-2H3,(H,32,34)(H,35,36)(H,30,31,33)/t14?,21-/m0/s1. The minimum absolute atomic E-state index is 0.204. The number of carbonyl (C=O) groups excluding carboxylic acids is 1. The summed E-state index contributed by atoms with van der Waals surface area (Å²) >= 11 is 1.08. The molecule has 3 N–H and O–H groups in total. The largest absolute Gasteiger partial charge is 0.480 e. The van der Waals surface area contributed by atoms with Gasteiger partial charge in [-0.15, -0.1) is 0 Å². The van der Waals surface area contributed by atoms with Gasteiger partial charge in [-0.1, -0.05) is 55.9 Å². The lowest BCUT2D eigenvalue weighted by Gasteiger charge is -2.20. The first-order valence-corrected chi connectivity index (χ1v) is 12.2. The molecule has 0 spiro atoms. The van der Waals surface area contributed by atoms with E-state index in [1.807, 2.05) is 19.1 Å². The van der Waals surface area contributed by atoms with Gasteiger partial charge in [0.2, 0.25) is 0 Å². The van der Waals surface area contributed by atoms with Crippen LogP contribution in [0.5, 0.6) is 0 Å². The second-order valence-electron chi connectivity index (χ2n) is 8.52. The summed E-state index contributed by atoms with van der Waals surface area (Å²) in [5.74, 6) is -1.73. The highest BCUT2D eigenvalue weighted by Gasteiger charge is 2.31. The highest BCUT2D eigenvalue weighted by Crippen LogP contribution is 2.34. The predicted octanol–water partition coefficient (Wildman–Crippen LogP) is 6.35. The molecule has 1 unspecified atom stereocenters. The monoisotopic (exact) mass is 528 g/mol. The molecule has 2 aromatic heterocycles. The summed E-state index contributed by atoms with van der Waals surface area (Å²) in [7, 11) is 0. The van der Waals surface area contributed by atoms with Crippen LogP contribution in [0.15, 0.2) is 60.8 Å². The number of nitrogens with one attached hydrogen (secondary N) is 2. The van der Waals surface area contributed by atoms with Gasteiger partial charge in [-0.25, -0.2) is 9.78 Å². The van der Waals surface area contributed by atoms with Crippen molar-refractivity contribution < 1.29 is 27.9 Å². The highest BCUT2D eigenvalue weighted by molar-refractivity contribution is 7.22. The van der Waals surface area contributed by atoms with E-state index in [2.05, 4.69) is 20.6 Å². The van der Waals surface area contributed by atoms with E-state index >= 15 is 0 Å². The maximum absolute atomic E-state index is 12.9. The zero-order valence-electron chi connectivity index (χ0n) is 19.8. The number of halogens is 3. The molecule has 4 rings (SSSR count). The van der Waals surface area contributed by atoms with Gasteiger partial charge in [0.25, 0.3) is 5.91 Å². The number of thiazole rings is 1. The molecule has 0 bridgehead atoms. The number of carboxylic acid groups (broad SMARTS) is 1. The number of carboxylic acids is 1. The van der Waals surface area contributed by atoms with Crippen molar-refractivity contribution in [1.29, 1.82) is 0 Å². The lowest BCUT2D eigenvalue weighted by Crippen LogP contribution is -2.45. The minimum Gasteiger partial charge on any atom is -0.480 e. The third kappa shape index (κ3) is 6.05. The van der Waals surface area contributed by atoms with E-state index in [0.717, 1.165) is 34.7 Å². The molecule has 0 aliphatic carbocycles. The molecule has 0 saturated heterocycles. The molecular formula is C26H23F3N4O3S. The molecular weight excluding hydrogens is 505 g/mol. The van der Waals surface area contributed by atoms with Crippen LogP contribution in [-0.2, 0) is 11.0 Å². The Morgan fingerprint density at radius 3 is 2.24 bits per heavy atom. The fourth-order valence-electron chi connectivity index (χ4n) is 3.62. The predicted molar refractivity (Wildman–Crippen MR) is 136 cm³/mol. The van der Waals surface area contributed by atoms with Crippen LogP contribution in [0.4, 0.5) is 24.0 Å². The van der Waals surface area contributed by atoms with Crippen molar-refractivity contribution in [1.82, 2.24) is 15.3 Å². The lowest BCUT2D eigenvalue weighted by molar-refractivity contribution is -0.140. The fourth-order valence-corrected chi connectivity index (χ4v) is 4.50. The molecule has 0 aliphatic rings. The maximum Gasteiger partial charge on any atom is 0.417 e. The third-order valence-corrected chi connectivity index (χ3v) is 6.86. The van der Waals surface area contributed by atoms with Crippen molar-refractivity contribution in [2.24, 2.45) is 5.92 Å². The molecule has 37 heavy (non-hydrogen) atoms. The van der Waals surface area contributed by atoms with Crippen LogP contribution >= 0.6 is 11.3 Å². The average Bonchev–Trinajstić information content (AvgIpc) is 3.28. The molecule has 11 heteroatoms. The first-order chi connectivity index (χ1) is 17.5. The van der Waals surface area contributed by atoms with E-state index in [4.69, 9.17) is 0 Å². The van der Waals surface area contributed by atoms with Crippen molar-refractivity contribution in [3.05, 3.63) is 71.9 Å². The Labute approximate surface area is 214 Å². The van der Waals surface area contributed by atoms with Gasteiger partial charge in [-0.3, -0.25) is 4.79 Å². The molecule has 2 atom stereocenters. The Hall–Kier alpha value is -3.99. The van der Waals surface area contributed by atoms with Gasteiger partial charge in [0.05, 0.1) is 10.3 Å². The van der Waals surface area contributed by atoms with Crippen LogP contribution in [0.25, 0.3) is 21.5 Å². The first kappa shape index (κ1) is 26.1. The van der Waals surface area contributed by atoms with Crippen LogP contribution in [0.2, 0.25) is 0 Å². The third-order valence-electron chi connectivity index (χ3n) is 5.96. The minimum atomic E-state index is -4.47. The van der Waals surface area contributed by atoms with Crippen LogP contribution in [0.1, 0.15) is 36.2 Å². The SMILES string of the molecule is CCC(C)[C@H](NC(=O)c1ccc(-c2ccc(Nc3nc4ncc(C(F)(F)F)cc4s3)cc2)cc1)C(=O)O. The molecule has 0 radical (unpaired) electrons. The van der Waals surface area contributed by atoms with Gasteiger partial charge in [0, 0.05) is 17.4 Å². The fraction of sp³-hybridized carbons (Fsp3) is 0.231. The summed E-state index contributed by atoms with van der Waals surface area (Å²) in [6.45, 7) is 3.64. The van der Waals surface area contributed by atoms with Gasteiger partial charge in [-0.05, 0) is 47.4 Å². The van der Waals surface area contributed by atoms with E-state index < -0.39 is 29.7 Å². The summed E-state index contributed by atoms with van der Waals surface area (Å²) in [5.41, 5.74) is 2.19. The van der Waals surface area contributed by atoms with Crippen LogP contribution in [0.3, 0.4) is 0 Å². The number of anilines is 2. The summed E-state index contributed by atoms with van der Waals surface area (Å²) in [4.78, 5) is 32.0. The highest BCUT2D eigenvalue weighted by atomic mass is 32.1. The summed E-state index contributed by atoms with van der Waals surface area (Å²) < 4.78 is 39.1. The van der Waals surface area contributed by atoms with Gasteiger partial charge >= 0.3 is 12.1 Å². The zero-order chi connectivity index (χ0) is 26.7. The maximum atomic E-state index is 12.9. The summed E-state index contributed by atoms with van der Waals surface area (Å²) in [6, 6.07) is 14.2. The van der Waals surface area contributed by atoms with Crippen molar-refractivity contribution >= 4 is 44.4 Å². The van der Waals surface area contributed by atoms with Crippen LogP contribution < -0.4 is 10.6 Å². The number of amides is 1. The van der Waals surface area contributed by atoms with Crippen molar-refractivity contribution in [2.45, 2.75) is 32.5 Å². The number of carbonyl (C=O) groups is 2. The number of hydrogen-bond donors (Lipinski definition) is 3. The molecule has 4 aromatic rings. The number of aliphatic carboxylic acids is 1. The second kappa shape index (κ2) is 10.6. The van der Waals surface area contributed by atoms with Gasteiger partial charge < -0.3 is 15.7 Å². The quantitative estimate of drug-likeness (QED) is 0.246. The van der Waals surface area contributed by atoms with E-state index in [1.165, 1.54) is 0 Å². The molecule has 2 aromatic carbocycles. The van der Waals surface area contributed by atoms with Crippen LogP contribution in [0, 0.1) is 5.92 Å².